The first kappa shape index (κ1) is 11.8. The number of alkyl halides is 3. The fraction of sp³-hybridized carbons (Fsp3) is 0.273. The van der Waals surface area contributed by atoms with E-state index in [1.54, 1.807) is 30.3 Å². The molecule has 1 aromatic rings. The van der Waals surface area contributed by atoms with Gasteiger partial charge in [0.1, 0.15) is 0 Å². The molecular formula is C11H11F3O. The molecule has 0 saturated carbocycles. The summed E-state index contributed by atoms with van der Waals surface area (Å²) in [6.45, 7) is 1.26. The van der Waals surface area contributed by atoms with E-state index in [1.807, 2.05) is 0 Å². The Morgan fingerprint density at radius 1 is 1.27 bits per heavy atom. The van der Waals surface area contributed by atoms with Crippen LogP contribution in [0.25, 0.3) is 6.08 Å². The lowest BCUT2D eigenvalue weighted by Gasteiger charge is -2.14. The van der Waals surface area contributed by atoms with Gasteiger partial charge in [-0.05, 0) is 18.1 Å². The summed E-state index contributed by atoms with van der Waals surface area (Å²) < 4.78 is 36.3. The van der Waals surface area contributed by atoms with Gasteiger partial charge in [0.15, 0.2) is 6.10 Å². The van der Waals surface area contributed by atoms with Crippen LogP contribution in [0.3, 0.4) is 0 Å². The van der Waals surface area contributed by atoms with Crippen molar-refractivity contribution >= 4 is 6.08 Å². The van der Waals surface area contributed by atoms with Gasteiger partial charge >= 0.3 is 6.18 Å². The lowest BCUT2D eigenvalue weighted by Crippen LogP contribution is -2.29. The van der Waals surface area contributed by atoms with Crippen molar-refractivity contribution in [2.24, 2.45) is 0 Å². The van der Waals surface area contributed by atoms with E-state index in [4.69, 9.17) is 5.11 Å². The van der Waals surface area contributed by atoms with Crippen LogP contribution in [-0.4, -0.2) is 17.4 Å². The molecule has 0 radical (unpaired) electrons. The van der Waals surface area contributed by atoms with Gasteiger partial charge in [0.25, 0.3) is 0 Å². The molecule has 82 valence electrons. The van der Waals surface area contributed by atoms with Gasteiger partial charge in [-0.15, -0.1) is 0 Å². The first-order chi connectivity index (χ1) is 6.91. The normalized spacial score (nSPS) is 15.1. The Morgan fingerprint density at radius 2 is 1.80 bits per heavy atom. The summed E-state index contributed by atoms with van der Waals surface area (Å²) in [4.78, 5) is 0. The fourth-order valence-electron chi connectivity index (χ4n) is 1.15. The zero-order valence-electron chi connectivity index (χ0n) is 8.12. The number of rotatable bonds is 2. The predicted molar refractivity (Wildman–Crippen MR) is 52.2 cm³/mol. The molecule has 4 heteroatoms. The van der Waals surface area contributed by atoms with Crippen LogP contribution < -0.4 is 0 Å². The van der Waals surface area contributed by atoms with Crippen LogP contribution in [0.2, 0.25) is 0 Å². The van der Waals surface area contributed by atoms with Crippen molar-refractivity contribution in [3.05, 3.63) is 41.5 Å². The zero-order valence-corrected chi connectivity index (χ0v) is 8.12. The third-order valence-electron chi connectivity index (χ3n) is 1.94. The second kappa shape index (κ2) is 4.49. The molecule has 1 rings (SSSR count). The first-order valence-electron chi connectivity index (χ1n) is 4.39. The van der Waals surface area contributed by atoms with Crippen LogP contribution in [-0.2, 0) is 0 Å². The Balaban J connectivity index is 2.86. The van der Waals surface area contributed by atoms with Gasteiger partial charge in [-0.3, -0.25) is 0 Å². The van der Waals surface area contributed by atoms with E-state index >= 15 is 0 Å². The molecule has 1 aromatic carbocycles. The van der Waals surface area contributed by atoms with E-state index in [0.717, 1.165) is 0 Å². The zero-order chi connectivity index (χ0) is 11.5. The van der Waals surface area contributed by atoms with Crippen molar-refractivity contribution in [3.63, 3.8) is 0 Å². The van der Waals surface area contributed by atoms with Gasteiger partial charge in [-0.1, -0.05) is 36.4 Å². The van der Waals surface area contributed by atoms with E-state index in [1.165, 1.54) is 13.0 Å². The van der Waals surface area contributed by atoms with Crippen molar-refractivity contribution in [2.45, 2.75) is 19.2 Å². The van der Waals surface area contributed by atoms with E-state index in [-0.39, 0.29) is 5.57 Å². The van der Waals surface area contributed by atoms with E-state index in [2.05, 4.69) is 0 Å². The minimum atomic E-state index is -4.60. The number of hydrogen-bond donors (Lipinski definition) is 1. The Morgan fingerprint density at radius 3 is 2.27 bits per heavy atom. The van der Waals surface area contributed by atoms with Gasteiger partial charge in [0, 0.05) is 0 Å². The molecule has 0 bridgehead atoms. The third-order valence-corrected chi connectivity index (χ3v) is 1.94. The van der Waals surface area contributed by atoms with Crippen molar-refractivity contribution in [1.29, 1.82) is 0 Å². The molecule has 0 aliphatic carbocycles. The standard InChI is InChI=1S/C11H11F3O/c1-8(10(15)11(12,13)14)7-9-5-3-2-4-6-9/h2-7,10,15H,1H3/b8-7+/t10-/m0/s1. The molecule has 0 heterocycles. The molecule has 1 N–H and O–H groups in total. The number of aliphatic hydroxyl groups excluding tert-OH is 1. The second-order valence-corrected chi connectivity index (χ2v) is 3.24. The third kappa shape index (κ3) is 3.40. The predicted octanol–water partition coefficient (Wildman–Crippen LogP) is 3.01. The molecule has 0 spiro atoms. The van der Waals surface area contributed by atoms with Crippen LogP contribution in [0.1, 0.15) is 12.5 Å². The summed E-state index contributed by atoms with van der Waals surface area (Å²) in [5.41, 5.74) is 0.520. The lowest BCUT2D eigenvalue weighted by atomic mass is 10.1. The van der Waals surface area contributed by atoms with Crippen LogP contribution in [0.4, 0.5) is 13.2 Å². The number of halogens is 3. The maximum Gasteiger partial charge on any atom is 0.418 e. The highest BCUT2D eigenvalue weighted by Gasteiger charge is 2.39. The quantitative estimate of drug-likeness (QED) is 0.805. The molecule has 0 saturated heterocycles. The SMILES string of the molecule is C/C(=C\c1ccccc1)[C@H](O)C(F)(F)F. The highest BCUT2D eigenvalue weighted by Crippen LogP contribution is 2.26. The summed E-state index contributed by atoms with van der Waals surface area (Å²) in [5.74, 6) is 0. The van der Waals surface area contributed by atoms with Gasteiger partial charge in [-0.2, -0.15) is 13.2 Å². The molecule has 1 atom stereocenters. The largest absolute Gasteiger partial charge is 0.418 e. The molecule has 0 aliphatic rings. The van der Waals surface area contributed by atoms with Crippen molar-refractivity contribution in [2.75, 3.05) is 0 Å². The van der Waals surface area contributed by atoms with Crippen LogP contribution in [0.5, 0.6) is 0 Å². The monoisotopic (exact) mass is 216 g/mol. The summed E-state index contributed by atoms with van der Waals surface area (Å²) in [5, 5.41) is 8.92. The minimum absolute atomic E-state index is 0.117. The topological polar surface area (TPSA) is 20.2 Å². The van der Waals surface area contributed by atoms with Crippen molar-refractivity contribution in [1.82, 2.24) is 0 Å². The van der Waals surface area contributed by atoms with Gasteiger partial charge in [-0.25, -0.2) is 0 Å². The Labute approximate surface area is 85.9 Å². The van der Waals surface area contributed by atoms with Crippen molar-refractivity contribution < 1.29 is 18.3 Å². The van der Waals surface area contributed by atoms with Crippen molar-refractivity contribution in [3.8, 4) is 0 Å². The maximum atomic E-state index is 12.1. The molecule has 0 unspecified atom stereocenters. The number of benzene rings is 1. The average Bonchev–Trinajstić information content (AvgIpc) is 2.16. The van der Waals surface area contributed by atoms with Gasteiger partial charge in [0.05, 0.1) is 0 Å². The summed E-state index contributed by atoms with van der Waals surface area (Å²) >= 11 is 0. The Bertz CT molecular complexity index is 341. The Hall–Kier alpha value is -1.29. The van der Waals surface area contributed by atoms with E-state index in [9.17, 15) is 13.2 Å². The first-order valence-corrected chi connectivity index (χ1v) is 4.39. The fourth-order valence-corrected chi connectivity index (χ4v) is 1.15. The highest BCUT2D eigenvalue weighted by molar-refractivity contribution is 5.53. The van der Waals surface area contributed by atoms with E-state index in [0.29, 0.717) is 5.56 Å². The molecule has 0 amide bonds. The maximum absolute atomic E-state index is 12.1. The lowest BCUT2D eigenvalue weighted by molar-refractivity contribution is -0.190. The number of aliphatic hydroxyl groups is 1. The van der Waals surface area contributed by atoms with Crippen LogP contribution in [0, 0.1) is 0 Å². The Kier molecular flexibility index (Phi) is 3.52. The second-order valence-electron chi connectivity index (χ2n) is 3.24. The van der Waals surface area contributed by atoms with Crippen LogP contribution in [0.15, 0.2) is 35.9 Å². The molecule has 0 fully saturated rings. The summed E-state index contributed by atoms with van der Waals surface area (Å²) in [6.07, 6.45) is -5.68. The number of hydrogen-bond acceptors (Lipinski definition) is 1. The van der Waals surface area contributed by atoms with E-state index < -0.39 is 12.3 Å². The van der Waals surface area contributed by atoms with Gasteiger partial charge < -0.3 is 5.11 Å². The molecule has 1 nitrogen and oxygen atoms in total. The summed E-state index contributed by atoms with van der Waals surface area (Å²) in [7, 11) is 0. The highest BCUT2D eigenvalue weighted by atomic mass is 19.4. The molecule has 0 aromatic heterocycles. The smallest absolute Gasteiger partial charge is 0.379 e. The summed E-state index contributed by atoms with van der Waals surface area (Å²) in [6, 6.07) is 8.56. The van der Waals surface area contributed by atoms with Gasteiger partial charge in [0.2, 0.25) is 0 Å². The average molecular weight is 216 g/mol. The van der Waals surface area contributed by atoms with Crippen LogP contribution >= 0.6 is 0 Å². The molecule has 15 heavy (non-hydrogen) atoms. The molecule has 0 aliphatic heterocycles. The molecular weight excluding hydrogens is 205 g/mol. The minimum Gasteiger partial charge on any atom is -0.379 e.